The lowest BCUT2D eigenvalue weighted by molar-refractivity contribution is -0.151. The smallest absolute Gasteiger partial charge is 0.311 e. The van der Waals surface area contributed by atoms with Crippen molar-refractivity contribution in [3.63, 3.8) is 0 Å². The summed E-state index contributed by atoms with van der Waals surface area (Å²) in [5.41, 5.74) is 3.79. The first kappa shape index (κ1) is 25.3. The monoisotopic (exact) mass is 575 g/mol. The van der Waals surface area contributed by atoms with Crippen molar-refractivity contribution < 1.29 is 23.9 Å². The van der Waals surface area contributed by atoms with E-state index in [1.165, 1.54) is 18.2 Å². The molecule has 1 saturated heterocycles. The third-order valence-corrected chi connectivity index (χ3v) is 6.50. The molecule has 1 aliphatic heterocycles. The number of hydrogen-bond acceptors (Lipinski definition) is 5. The van der Waals surface area contributed by atoms with Crippen LogP contribution < -0.4 is 10.7 Å². The standard InChI is InChI=1S/C21H17BrCl3N3O5/c1-10-4-14(22)16(25)7-17(10)26-18(29)9-33-21(32)11-5-19(30)28(8-11)27-20(31)13-3-2-12(23)6-15(13)24/h2-4,6-7,11H,5,8-9H2,1H3,(H,26,29)(H,27,31)/t11-/m1/s1. The van der Waals surface area contributed by atoms with E-state index in [9.17, 15) is 19.2 Å². The van der Waals surface area contributed by atoms with Gasteiger partial charge in [0.15, 0.2) is 6.61 Å². The molecule has 3 rings (SSSR count). The molecule has 0 radical (unpaired) electrons. The van der Waals surface area contributed by atoms with Gasteiger partial charge in [0.25, 0.3) is 11.8 Å². The Kier molecular flexibility index (Phi) is 8.23. The lowest BCUT2D eigenvalue weighted by atomic mass is 10.1. The van der Waals surface area contributed by atoms with Gasteiger partial charge in [0, 0.05) is 21.6 Å². The second-order valence-electron chi connectivity index (χ2n) is 7.21. The molecule has 1 fully saturated rings. The zero-order valence-electron chi connectivity index (χ0n) is 17.1. The van der Waals surface area contributed by atoms with Crippen molar-refractivity contribution in [3.8, 4) is 0 Å². The van der Waals surface area contributed by atoms with E-state index < -0.39 is 36.2 Å². The SMILES string of the molecule is Cc1cc(Br)c(Cl)cc1NC(=O)COC(=O)[C@@H]1CC(=O)N(NC(=O)c2ccc(Cl)cc2Cl)C1. The minimum atomic E-state index is -0.838. The van der Waals surface area contributed by atoms with E-state index in [4.69, 9.17) is 39.5 Å². The Morgan fingerprint density at radius 1 is 1.15 bits per heavy atom. The van der Waals surface area contributed by atoms with Gasteiger partial charge in [-0.3, -0.25) is 29.6 Å². The highest BCUT2D eigenvalue weighted by Crippen LogP contribution is 2.29. The van der Waals surface area contributed by atoms with E-state index in [1.54, 1.807) is 19.1 Å². The van der Waals surface area contributed by atoms with Crippen LogP contribution in [-0.2, 0) is 19.1 Å². The number of anilines is 1. The predicted molar refractivity (Wildman–Crippen MR) is 127 cm³/mol. The van der Waals surface area contributed by atoms with Gasteiger partial charge in [0.1, 0.15) is 0 Å². The summed E-state index contributed by atoms with van der Waals surface area (Å²) < 4.78 is 5.74. The number of hydrazine groups is 1. The zero-order valence-corrected chi connectivity index (χ0v) is 20.9. The third-order valence-electron chi connectivity index (χ3n) is 4.76. The molecule has 0 spiro atoms. The number of halogens is 4. The van der Waals surface area contributed by atoms with Crippen LogP contribution in [0.2, 0.25) is 15.1 Å². The molecule has 8 nitrogen and oxygen atoms in total. The van der Waals surface area contributed by atoms with Crippen LogP contribution >= 0.6 is 50.7 Å². The van der Waals surface area contributed by atoms with Crippen molar-refractivity contribution in [1.29, 1.82) is 0 Å². The summed E-state index contributed by atoms with van der Waals surface area (Å²) in [7, 11) is 0. The number of carbonyl (C=O) groups excluding carboxylic acids is 4. The fraction of sp³-hybridized carbons (Fsp3) is 0.238. The van der Waals surface area contributed by atoms with Crippen LogP contribution in [0.1, 0.15) is 22.3 Å². The molecular weight excluding hydrogens is 561 g/mol. The number of rotatable bonds is 6. The molecule has 0 aromatic heterocycles. The van der Waals surface area contributed by atoms with E-state index in [-0.39, 0.29) is 23.6 Å². The van der Waals surface area contributed by atoms with Crippen LogP contribution in [0.25, 0.3) is 0 Å². The maximum absolute atomic E-state index is 12.4. The quantitative estimate of drug-likeness (QED) is 0.496. The molecule has 0 saturated carbocycles. The first-order valence-corrected chi connectivity index (χ1v) is 11.5. The highest BCUT2D eigenvalue weighted by molar-refractivity contribution is 9.10. The molecule has 0 bridgehead atoms. The molecule has 2 aromatic rings. The van der Waals surface area contributed by atoms with E-state index >= 15 is 0 Å². The van der Waals surface area contributed by atoms with Gasteiger partial charge in [-0.15, -0.1) is 0 Å². The van der Waals surface area contributed by atoms with Crippen LogP contribution in [0, 0.1) is 12.8 Å². The van der Waals surface area contributed by atoms with Gasteiger partial charge in [0.2, 0.25) is 5.91 Å². The number of hydrogen-bond donors (Lipinski definition) is 2. The number of ether oxygens (including phenoxy) is 1. The Balaban J connectivity index is 1.52. The lowest BCUT2D eigenvalue weighted by Crippen LogP contribution is -2.43. The molecule has 3 amide bonds. The van der Waals surface area contributed by atoms with Gasteiger partial charge >= 0.3 is 5.97 Å². The normalized spacial score (nSPS) is 15.4. The van der Waals surface area contributed by atoms with Gasteiger partial charge in [-0.05, 0) is 58.7 Å². The molecule has 12 heteroatoms. The van der Waals surface area contributed by atoms with Crippen molar-refractivity contribution in [2.24, 2.45) is 5.92 Å². The summed E-state index contributed by atoms with van der Waals surface area (Å²) in [5.74, 6) is -3.22. The fourth-order valence-corrected chi connectivity index (χ4v) is 4.17. The number of esters is 1. The second-order valence-corrected chi connectivity index (χ2v) is 9.31. The van der Waals surface area contributed by atoms with Gasteiger partial charge in [-0.1, -0.05) is 34.8 Å². The van der Waals surface area contributed by atoms with Crippen LogP contribution in [0.4, 0.5) is 5.69 Å². The highest BCUT2D eigenvalue weighted by atomic mass is 79.9. The second kappa shape index (κ2) is 10.7. The molecule has 33 heavy (non-hydrogen) atoms. The first-order chi connectivity index (χ1) is 15.5. The molecule has 1 aliphatic rings. The highest BCUT2D eigenvalue weighted by Gasteiger charge is 2.37. The van der Waals surface area contributed by atoms with Crippen molar-refractivity contribution in [3.05, 3.63) is 61.0 Å². The van der Waals surface area contributed by atoms with E-state index in [0.717, 1.165) is 10.6 Å². The van der Waals surface area contributed by atoms with Crippen LogP contribution in [-0.4, -0.2) is 41.9 Å². The molecular formula is C21H17BrCl3N3O5. The first-order valence-electron chi connectivity index (χ1n) is 9.53. The average molecular weight is 578 g/mol. The van der Waals surface area contributed by atoms with Crippen LogP contribution in [0.15, 0.2) is 34.8 Å². The van der Waals surface area contributed by atoms with Gasteiger partial charge in [-0.2, -0.15) is 0 Å². The fourth-order valence-electron chi connectivity index (χ4n) is 3.05. The summed E-state index contributed by atoms with van der Waals surface area (Å²) in [6, 6.07) is 7.63. The minimum Gasteiger partial charge on any atom is -0.455 e. The summed E-state index contributed by atoms with van der Waals surface area (Å²) >= 11 is 21.2. The van der Waals surface area contributed by atoms with Crippen molar-refractivity contribution >= 4 is 80.1 Å². The summed E-state index contributed by atoms with van der Waals surface area (Å²) in [6.45, 7) is 1.15. The minimum absolute atomic E-state index is 0.0995. The van der Waals surface area contributed by atoms with E-state index in [2.05, 4.69) is 26.7 Å². The third kappa shape index (κ3) is 6.38. The maximum atomic E-state index is 12.4. The number of benzene rings is 2. The average Bonchev–Trinajstić information content (AvgIpc) is 3.10. The molecule has 2 N–H and O–H groups in total. The van der Waals surface area contributed by atoms with Gasteiger partial charge in [0.05, 0.1) is 28.1 Å². The molecule has 1 heterocycles. The molecule has 2 aromatic carbocycles. The van der Waals surface area contributed by atoms with Crippen molar-refractivity contribution in [2.45, 2.75) is 13.3 Å². The van der Waals surface area contributed by atoms with Crippen molar-refractivity contribution in [2.75, 3.05) is 18.5 Å². The maximum Gasteiger partial charge on any atom is 0.311 e. The lowest BCUT2D eigenvalue weighted by Gasteiger charge is -2.18. The Morgan fingerprint density at radius 2 is 1.88 bits per heavy atom. The van der Waals surface area contributed by atoms with Crippen LogP contribution in [0.5, 0.6) is 0 Å². The Morgan fingerprint density at radius 3 is 2.58 bits per heavy atom. The number of amides is 3. The number of aryl methyl sites for hydroxylation is 1. The molecule has 0 aliphatic carbocycles. The van der Waals surface area contributed by atoms with Crippen LogP contribution in [0.3, 0.4) is 0 Å². The summed E-state index contributed by atoms with van der Waals surface area (Å²) in [5, 5.41) is 4.54. The zero-order chi connectivity index (χ0) is 24.3. The van der Waals surface area contributed by atoms with E-state index in [0.29, 0.717) is 20.2 Å². The number of nitrogens with zero attached hydrogens (tertiary/aromatic N) is 1. The van der Waals surface area contributed by atoms with Gasteiger partial charge in [-0.25, -0.2) is 0 Å². The summed E-state index contributed by atoms with van der Waals surface area (Å²) in [6.07, 6.45) is -0.170. The largest absolute Gasteiger partial charge is 0.455 e. The Bertz CT molecular complexity index is 1140. The number of nitrogens with one attached hydrogen (secondary N) is 2. The predicted octanol–water partition coefficient (Wildman–Crippen LogP) is 4.39. The summed E-state index contributed by atoms with van der Waals surface area (Å²) in [4.78, 5) is 49.1. The topological polar surface area (TPSA) is 105 Å². The van der Waals surface area contributed by atoms with Gasteiger partial charge < -0.3 is 10.1 Å². The Labute approximate surface area is 212 Å². The molecule has 1 atom stereocenters. The molecule has 174 valence electrons. The number of carbonyl (C=O) groups is 4. The molecule has 0 unspecified atom stereocenters. The van der Waals surface area contributed by atoms with Crippen molar-refractivity contribution in [1.82, 2.24) is 10.4 Å². The Hall–Kier alpha value is -2.33. The van der Waals surface area contributed by atoms with E-state index in [1.807, 2.05) is 0 Å².